The number of nitrogens with zero attached hydrogens (tertiary/aromatic N) is 1. The molecule has 7 heteroatoms. The highest BCUT2D eigenvalue weighted by Crippen LogP contribution is 2.28. The van der Waals surface area contributed by atoms with E-state index in [1.807, 2.05) is 44.2 Å². The topological polar surface area (TPSA) is 66.5 Å². The number of halogens is 1. The molecule has 0 bridgehead atoms. The standard InChI is InChI=1S/C24H25ClN2O3S/c1-4-27(18-10-6-5-7-11-18)31(29,30)19-14-15-22(25)21(16-19)24(28)26-23-13-9-8-12-20(23)17(2)3/h5-17H,4H2,1-3H3,(H,26,28). The molecule has 0 fully saturated rings. The Hall–Kier alpha value is -2.83. The SMILES string of the molecule is CCN(c1ccccc1)S(=O)(=O)c1ccc(Cl)c(C(=O)Nc2ccccc2C(C)C)c1. The summed E-state index contributed by atoms with van der Waals surface area (Å²) in [5.74, 6) is -0.249. The van der Waals surface area contributed by atoms with Gasteiger partial charge in [0, 0.05) is 12.2 Å². The lowest BCUT2D eigenvalue weighted by atomic mass is 10.0. The second kappa shape index (κ2) is 9.54. The molecular formula is C24H25ClN2O3S. The zero-order valence-corrected chi connectivity index (χ0v) is 19.2. The molecule has 162 valence electrons. The Morgan fingerprint density at radius 2 is 1.65 bits per heavy atom. The Morgan fingerprint density at radius 3 is 2.29 bits per heavy atom. The first-order valence-corrected chi connectivity index (χ1v) is 11.8. The maximum Gasteiger partial charge on any atom is 0.264 e. The molecule has 31 heavy (non-hydrogen) atoms. The number of carbonyl (C=O) groups excluding carboxylic acids is 1. The van der Waals surface area contributed by atoms with E-state index in [0.717, 1.165) is 5.56 Å². The molecule has 0 radical (unpaired) electrons. The van der Waals surface area contributed by atoms with Gasteiger partial charge in [-0.1, -0.05) is 61.8 Å². The molecule has 0 saturated heterocycles. The number of anilines is 2. The van der Waals surface area contributed by atoms with E-state index < -0.39 is 15.9 Å². The highest BCUT2D eigenvalue weighted by molar-refractivity contribution is 7.92. The summed E-state index contributed by atoms with van der Waals surface area (Å²) in [5.41, 5.74) is 2.31. The number of para-hydroxylation sites is 2. The molecule has 0 spiro atoms. The van der Waals surface area contributed by atoms with Crippen LogP contribution in [0.15, 0.2) is 77.7 Å². The fraction of sp³-hybridized carbons (Fsp3) is 0.208. The first-order valence-electron chi connectivity index (χ1n) is 10.0. The summed E-state index contributed by atoms with van der Waals surface area (Å²) in [6, 6.07) is 20.5. The Labute approximate surface area is 188 Å². The third kappa shape index (κ3) is 4.92. The Kier molecular flexibility index (Phi) is 7.03. The van der Waals surface area contributed by atoms with Crippen LogP contribution in [0.4, 0.5) is 11.4 Å². The highest BCUT2D eigenvalue weighted by Gasteiger charge is 2.25. The van der Waals surface area contributed by atoms with Crippen molar-refractivity contribution in [2.24, 2.45) is 0 Å². The van der Waals surface area contributed by atoms with E-state index in [-0.39, 0.29) is 27.9 Å². The number of rotatable bonds is 7. The van der Waals surface area contributed by atoms with Crippen LogP contribution in [0.2, 0.25) is 5.02 Å². The number of sulfonamides is 1. The molecule has 0 aliphatic rings. The first kappa shape index (κ1) is 22.8. The summed E-state index contributed by atoms with van der Waals surface area (Å²) in [6.07, 6.45) is 0. The average molecular weight is 457 g/mol. The van der Waals surface area contributed by atoms with Crippen LogP contribution in [-0.2, 0) is 10.0 Å². The number of hydrogen-bond donors (Lipinski definition) is 1. The molecule has 0 unspecified atom stereocenters. The largest absolute Gasteiger partial charge is 0.322 e. The molecular weight excluding hydrogens is 432 g/mol. The van der Waals surface area contributed by atoms with Crippen molar-refractivity contribution in [3.8, 4) is 0 Å². The number of benzene rings is 3. The van der Waals surface area contributed by atoms with Crippen LogP contribution < -0.4 is 9.62 Å². The number of carbonyl (C=O) groups is 1. The summed E-state index contributed by atoms with van der Waals surface area (Å²) >= 11 is 6.27. The minimum atomic E-state index is -3.88. The molecule has 3 aromatic rings. The summed E-state index contributed by atoms with van der Waals surface area (Å²) in [4.78, 5) is 13.0. The quantitative estimate of drug-likeness (QED) is 0.479. The van der Waals surface area contributed by atoms with Crippen LogP contribution >= 0.6 is 11.6 Å². The van der Waals surface area contributed by atoms with Crippen molar-refractivity contribution in [3.05, 3.63) is 88.9 Å². The van der Waals surface area contributed by atoms with Crippen molar-refractivity contribution in [1.82, 2.24) is 0 Å². The highest BCUT2D eigenvalue weighted by atomic mass is 35.5. The van der Waals surface area contributed by atoms with Crippen molar-refractivity contribution < 1.29 is 13.2 Å². The van der Waals surface area contributed by atoms with Gasteiger partial charge in [0.25, 0.3) is 15.9 Å². The predicted molar refractivity (Wildman–Crippen MR) is 127 cm³/mol. The smallest absolute Gasteiger partial charge is 0.264 e. The summed E-state index contributed by atoms with van der Waals surface area (Å²) < 4.78 is 27.9. The minimum Gasteiger partial charge on any atom is -0.322 e. The second-order valence-electron chi connectivity index (χ2n) is 7.34. The lowest BCUT2D eigenvalue weighted by Gasteiger charge is -2.23. The third-order valence-corrected chi connectivity index (χ3v) is 7.16. The van der Waals surface area contributed by atoms with Gasteiger partial charge in [0.2, 0.25) is 0 Å². The van der Waals surface area contributed by atoms with Crippen LogP contribution in [-0.4, -0.2) is 20.9 Å². The van der Waals surface area contributed by atoms with Crippen LogP contribution in [0, 0.1) is 0 Å². The normalized spacial score (nSPS) is 11.4. The molecule has 0 saturated carbocycles. The van der Waals surface area contributed by atoms with Gasteiger partial charge in [0.1, 0.15) is 0 Å². The summed E-state index contributed by atoms with van der Waals surface area (Å²) in [5, 5.41) is 3.05. The zero-order valence-electron chi connectivity index (χ0n) is 17.7. The van der Waals surface area contributed by atoms with E-state index in [2.05, 4.69) is 5.32 Å². The van der Waals surface area contributed by atoms with Gasteiger partial charge in [-0.15, -0.1) is 0 Å². The lowest BCUT2D eigenvalue weighted by Crippen LogP contribution is -2.31. The Balaban J connectivity index is 1.97. The van der Waals surface area contributed by atoms with Crippen LogP contribution in [0.3, 0.4) is 0 Å². The molecule has 0 heterocycles. The van der Waals surface area contributed by atoms with Gasteiger partial charge in [-0.2, -0.15) is 0 Å². The van der Waals surface area contributed by atoms with E-state index in [0.29, 0.717) is 11.4 Å². The van der Waals surface area contributed by atoms with Crippen molar-refractivity contribution in [2.75, 3.05) is 16.2 Å². The van der Waals surface area contributed by atoms with Crippen molar-refractivity contribution >= 4 is 38.9 Å². The molecule has 0 aliphatic carbocycles. The summed E-state index contributed by atoms with van der Waals surface area (Å²) in [7, 11) is -3.88. The number of hydrogen-bond acceptors (Lipinski definition) is 3. The fourth-order valence-corrected chi connectivity index (χ4v) is 5.06. The fourth-order valence-electron chi connectivity index (χ4n) is 3.36. The lowest BCUT2D eigenvalue weighted by molar-refractivity contribution is 0.102. The van der Waals surface area contributed by atoms with Gasteiger partial charge in [0.15, 0.2) is 0 Å². The predicted octanol–water partition coefficient (Wildman–Crippen LogP) is 5.93. The van der Waals surface area contributed by atoms with E-state index in [1.54, 1.807) is 31.2 Å². The van der Waals surface area contributed by atoms with E-state index in [1.165, 1.54) is 22.5 Å². The molecule has 1 N–H and O–H groups in total. The molecule has 0 aliphatic heterocycles. The Bertz CT molecular complexity index is 1180. The van der Waals surface area contributed by atoms with Crippen LogP contribution in [0.25, 0.3) is 0 Å². The van der Waals surface area contributed by atoms with E-state index in [9.17, 15) is 13.2 Å². The second-order valence-corrected chi connectivity index (χ2v) is 9.61. The van der Waals surface area contributed by atoms with E-state index >= 15 is 0 Å². The average Bonchev–Trinajstić information content (AvgIpc) is 2.75. The first-order chi connectivity index (χ1) is 14.8. The zero-order chi connectivity index (χ0) is 22.6. The summed E-state index contributed by atoms with van der Waals surface area (Å²) in [6.45, 7) is 6.08. The maximum absolute atomic E-state index is 13.3. The molecule has 5 nitrogen and oxygen atoms in total. The van der Waals surface area contributed by atoms with Crippen LogP contribution in [0.1, 0.15) is 42.6 Å². The number of amides is 1. The van der Waals surface area contributed by atoms with Gasteiger partial charge in [-0.3, -0.25) is 9.10 Å². The minimum absolute atomic E-state index is 0.00453. The van der Waals surface area contributed by atoms with Crippen LogP contribution in [0.5, 0.6) is 0 Å². The third-order valence-electron chi connectivity index (χ3n) is 4.93. The number of nitrogens with one attached hydrogen (secondary N) is 1. The van der Waals surface area contributed by atoms with Crippen molar-refractivity contribution in [3.63, 3.8) is 0 Å². The van der Waals surface area contributed by atoms with Gasteiger partial charge in [-0.05, 0) is 54.8 Å². The maximum atomic E-state index is 13.3. The van der Waals surface area contributed by atoms with Crippen molar-refractivity contribution in [1.29, 1.82) is 0 Å². The van der Waals surface area contributed by atoms with Gasteiger partial charge >= 0.3 is 0 Å². The van der Waals surface area contributed by atoms with Gasteiger partial charge in [-0.25, -0.2) is 8.42 Å². The Morgan fingerprint density at radius 1 is 1.00 bits per heavy atom. The molecule has 0 aromatic heterocycles. The van der Waals surface area contributed by atoms with Gasteiger partial charge in [0.05, 0.1) is 21.2 Å². The molecule has 1 amide bonds. The van der Waals surface area contributed by atoms with E-state index in [4.69, 9.17) is 11.6 Å². The van der Waals surface area contributed by atoms with Crippen molar-refractivity contribution in [2.45, 2.75) is 31.6 Å². The molecule has 0 atom stereocenters. The monoisotopic (exact) mass is 456 g/mol. The molecule has 3 rings (SSSR count). The van der Waals surface area contributed by atoms with Gasteiger partial charge < -0.3 is 5.32 Å². The molecule has 3 aromatic carbocycles.